The molecule has 2 heterocycles. The van der Waals surface area contributed by atoms with Crippen molar-refractivity contribution >= 4 is 17.4 Å². The van der Waals surface area contributed by atoms with Crippen LogP contribution in [0.5, 0.6) is 0 Å². The highest BCUT2D eigenvalue weighted by molar-refractivity contribution is 6.12. The molecule has 1 aliphatic carbocycles. The molecule has 2 aromatic rings. The van der Waals surface area contributed by atoms with Crippen LogP contribution in [0.2, 0.25) is 0 Å². The van der Waals surface area contributed by atoms with Crippen LogP contribution in [0.3, 0.4) is 0 Å². The van der Waals surface area contributed by atoms with Gasteiger partial charge in [-0.05, 0) is 67.4 Å². The van der Waals surface area contributed by atoms with Crippen LogP contribution in [-0.4, -0.2) is 47.4 Å². The number of aliphatic hydroxyl groups is 1. The minimum absolute atomic E-state index is 0.170. The van der Waals surface area contributed by atoms with E-state index in [9.17, 15) is 5.11 Å². The van der Waals surface area contributed by atoms with Gasteiger partial charge in [0.2, 0.25) is 0 Å². The summed E-state index contributed by atoms with van der Waals surface area (Å²) < 4.78 is 0. The van der Waals surface area contributed by atoms with Crippen molar-refractivity contribution in [2.24, 2.45) is 10.9 Å². The zero-order valence-corrected chi connectivity index (χ0v) is 19.3. The Morgan fingerprint density at radius 1 is 1.22 bits per heavy atom. The molecule has 0 spiro atoms. The summed E-state index contributed by atoms with van der Waals surface area (Å²) >= 11 is 0. The fraction of sp³-hybridized carbons (Fsp3) is 0.357. The first-order valence-corrected chi connectivity index (χ1v) is 11.5. The molecule has 1 aliphatic heterocycles. The van der Waals surface area contributed by atoms with Gasteiger partial charge in [0.25, 0.3) is 0 Å². The monoisotopic (exact) mass is 427 g/mol. The van der Waals surface area contributed by atoms with E-state index in [0.717, 1.165) is 59.3 Å². The third-order valence-corrected chi connectivity index (χ3v) is 6.26. The molecule has 166 valence electrons. The summed E-state index contributed by atoms with van der Waals surface area (Å²) in [5.41, 5.74) is 7.69. The lowest BCUT2D eigenvalue weighted by Crippen LogP contribution is -2.08. The Hall–Kier alpha value is -2.98. The van der Waals surface area contributed by atoms with Gasteiger partial charge in [0, 0.05) is 43.3 Å². The van der Waals surface area contributed by atoms with E-state index < -0.39 is 0 Å². The van der Waals surface area contributed by atoms with Crippen molar-refractivity contribution in [1.29, 1.82) is 0 Å². The maximum absolute atomic E-state index is 10.0. The molecule has 4 heteroatoms. The Bertz CT molecular complexity index is 1080. The van der Waals surface area contributed by atoms with Crippen LogP contribution in [0, 0.1) is 5.92 Å². The van der Waals surface area contributed by atoms with E-state index in [1.165, 1.54) is 5.56 Å². The fourth-order valence-electron chi connectivity index (χ4n) is 4.67. The molecule has 32 heavy (non-hydrogen) atoms. The molecular weight excluding hydrogens is 394 g/mol. The number of pyridine rings is 1. The van der Waals surface area contributed by atoms with E-state index in [1.54, 1.807) is 0 Å². The van der Waals surface area contributed by atoms with Gasteiger partial charge in [-0.15, -0.1) is 0 Å². The summed E-state index contributed by atoms with van der Waals surface area (Å²) in [6.45, 7) is 6.08. The highest BCUT2D eigenvalue weighted by atomic mass is 16.3. The van der Waals surface area contributed by atoms with E-state index in [4.69, 9.17) is 4.98 Å². The molecule has 4 nitrogen and oxygen atoms in total. The van der Waals surface area contributed by atoms with Gasteiger partial charge in [-0.1, -0.05) is 43.0 Å². The van der Waals surface area contributed by atoms with E-state index in [-0.39, 0.29) is 12.1 Å². The molecule has 1 N–H and O–H groups in total. The number of benzene rings is 1. The highest BCUT2D eigenvalue weighted by Crippen LogP contribution is 2.33. The summed E-state index contributed by atoms with van der Waals surface area (Å²) in [5.74, 6) is 0.476. The van der Waals surface area contributed by atoms with Crippen LogP contribution < -0.4 is 0 Å². The molecule has 2 aliphatic rings. The van der Waals surface area contributed by atoms with E-state index in [0.29, 0.717) is 5.92 Å². The lowest BCUT2D eigenvalue weighted by Gasteiger charge is -2.15. The number of allylic oxidation sites excluding steroid dienone is 3. The van der Waals surface area contributed by atoms with Gasteiger partial charge in [0.1, 0.15) is 0 Å². The molecule has 0 radical (unpaired) electrons. The van der Waals surface area contributed by atoms with Crippen molar-refractivity contribution in [1.82, 2.24) is 9.88 Å². The number of hydrogen-bond donors (Lipinski definition) is 1. The van der Waals surface area contributed by atoms with Crippen LogP contribution in [0.1, 0.15) is 43.0 Å². The topological polar surface area (TPSA) is 48.7 Å². The number of aliphatic imine (C=N–C) groups is 1. The standard InChI is InChI=1S/C28H33N3O/c1-5-21(18-31(3)4)22-7-6-8-23(16-22)27-12-11-26(24-13-19(2)29-17-24)28(30-27)15-20-9-10-25(32)14-20/h5-8,11-13,16-20,25,32H,1,9-10,14-15H2,2-4H3/b21-18+. The van der Waals surface area contributed by atoms with Crippen LogP contribution >= 0.6 is 0 Å². The molecule has 1 aromatic carbocycles. The van der Waals surface area contributed by atoms with Gasteiger partial charge < -0.3 is 10.0 Å². The zero-order chi connectivity index (χ0) is 22.7. The van der Waals surface area contributed by atoms with Crippen molar-refractivity contribution in [3.63, 3.8) is 0 Å². The molecule has 3 atom stereocenters. The van der Waals surface area contributed by atoms with Crippen molar-refractivity contribution in [2.45, 2.75) is 44.8 Å². The summed E-state index contributed by atoms with van der Waals surface area (Å²) in [5, 5.41) is 10.0. The molecule has 1 aromatic heterocycles. The van der Waals surface area contributed by atoms with Crippen molar-refractivity contribution in [3.8, 4) is 11.3 Å². The summed E-state index contributed by atoms with van der Waals surface area (Å²) in [6.07, 6.45) is 11.7. The predicted octanol–water partition coefficient (Wildman–Crippen LogP) is 5.40. The number of rotatable bonds is 7. The number of aliphatic hydroxyl groups excluding tert-OH is 1. The Morgan fingerprint density at radius 3 is 2.72 bits per heavy atom. The first-order chi connectivity index (χ1) is 15.4. The summed E-state index contributed by atoms with van der Waals surface area (Å²) in [7, 11) is 4.03. The fourth-order valence-corrected chi connectivity index (χ4v) is 4.67. The lowest BCUT2D eigenvalue weighted by molar-refractivity contribution is 0.177. The van der Waals surface area contributed by atoms with E-state index >= 15 is 0 Å². The van der Waals surface area contributed by atoms with E-state index in [2.05, 4.69) is 67.2 Å². The number of nitrogens with zero attached hydrogens (tertiary/aromatic N) is 3. The van der Waals surface area contributed by atoms with Crippen LogP contribution in [0.4, 0.5) is 0 Å². The molecule has 0 amide bonds. The minimum atomic E-state index is -0.170. The Labute approximate surface area is 191 Å². The van der Waals surface area contributed by atoms with Gasteiger partial charge >= 0.3 is 0 Å². The first-order valence-electron chi connectivity index (χ1n) is 11.5. The molecule has 0 saturated heterocycles. The SMILES string of the molecule is C=C/C(=C\N(C)C)c1cccc(-c2ccc(C3=CC(C)N=C3)c(CC3CCC(O)C3)n2)c1. The average molecular weight is 428 g/mol. The largest absolute Gasteiger partial charge is 0.393 e. The van der Waals surface area contributed by atoms with Crippen molar-refractivity contribution in [3.05, 3.63) is 78.1 Å². The van der Waals surface area contributed by atoms with Crippen LogP contribution in [0.25, 0.3) is 22.4 Å². The first kappa shape index (κ1) is 22.2. The second-order valence-corrected chi connectivity index (χ2v) is 9.20. The second-order valence-electron chi connectivity index (χ2n) is 9.20. The zero-order valence-electron chi connectivity index (χ0n) is 19.3. The number of aromatic nitrogens is 1. The number of hydrogen-bond acceptors (Lipinski definition) is 4. The van der Waals surface area contributed by atoms with Gasteiger partial charge in [0.05, 0.1) is 17.8 Å². The van der Waals surface area contributed by atoms with Crippen LogP contribution in [-0.2, 0) is 6.42 Å². The van der Waals surface area contributed by atoms with Crippen LogP contribution in [0.15, 0.2) is 66.3 Å². The Morgan fingerprint density at radius 2 is 2.06 bits per heavy atom. The predicted molar refractivity (Wildman–Crippen MR) is 135 cm³/mol. The highest BCUT2D eigenvalue weighted by Gasteiger charge is 2.25. The van der Waals surface area contributed by atoms with Crippen molar-refractivity contribution < 1.29 is 5.11 Å². The van der Waals surface area contributed by atoms with E-state index in [1.807, 2.05) is 31.3 Å². The molecule has 0 bridgehead atoms. The molecular formula is C28H33N3O. The Kier molecular flexibility index (Phi) is 6.71. The maximum atomic E-state index is 10.0. The third-order valence-electron chi connectivity index (χ3n) is 6.26. The van der Waals surface area contributed by atoms with Gasteiger partial charge in [0.15, 0.2) is 0 Å². The van der Waals surface area contributed by atoms with Crippen molar-refractivity contribution in [2.75, 3.05) is 14.1 Å². The summed E-state index contributed by atoms with van der Waals surface area (Å²) in [4.78, 5) is 11.7. The smallest absolute Gasteiger partial charge is 0.0705 e. The molecule has 1 saturated carbocycles. The van der Waals surface area contributed by atoms with Gasteiger partial charge in [-0.3, -0.25) is 9.98 Å². The minimum Gasteiger partial charge on any atom is -0.393 e. The lowest BCUT2D eigenvalue weighted by atomic mass is 9.94. The molecule has 4 rings (SSSR count). The maximum Gasteiger partial charge on any atom is 0.0705 e. The molecule has 1 fully saturated rings. The third kappa shape index (κ3) is 5.08. The average Bonchev–Trinajstić information content (AvgIpc) is 3.39. The normalized spacial score (nSPS) is 22.8. The summed E-state index contributed by atoms with van der Waals surface area (Å²) in [6, 6.07) is 13.0. The second kappa shape index (κ2) is 9.66. The van der Waals surface area contributed by atoms with Gasteiger partial charge in [-0.2, -0.15) is 0 Å². The quantitative estimate of drug-likeness (QED) is 0.602. The molecule has 3 unspecified atom stereocenters. The van der Waals surface area contributed by atoms with Gasteiger partial charge in [-0.25, -0.2) is 0 Å². The Balaban J connectivity index is 1.71.